The lowest BCUT2D eigenvalue weighted by atomic mass is 9.99. The summed E-state index contributed by atoms with van der Waals surface area (Å²) in [5.41, 5.74) is 0.624. The molecule has 8 nitrogen and oxygen atoms in total. The largest absolute Gasteiger partial charge is 0.497 e. The van der Waals surface area contributed by atoms with Crippen LogP contribution in [0.5, 0.6) is 5.75 Å². The van der Waals surface area contributed by atoms with Crippen LogP contribution in [0.3, 0.4) is 0 Å². The molecule has 1 rings (SSSR count). The molecule has 0 spiro atoms. The molecule has 0 aliphatic heterocycles. The Morgan fingerprint density at radius 3 is 2.41 bits per heavy atom. The molecule has 1 aromatic rings. The second kappa shape index (κ2) is 11.2. The first-order valence-electron chi connectivity index (χ1n) is 8.93. The Morgan fingerprint density at radius 1 is 1.15 bits per heavy atom. The Labute approximate surface area is 160 Å². The highest BCUT2D eigenvalue weighted by atomic mass is 16.5. The number of hydrogen-bond acceptors (Lipinski definition) is 5. The van der Waals surface area contributed by atoms with Gasteiger partial charge >= 0.3 is 5.97 Å². The molecule has 0 fully saturated rings. The fraction of sp³-hybridized carbons (Fsp3) is 0.526. The third kappa shape index (κ3) is 7.65. The van der Waals surface area contributed by atoms with E-state index in [9.17, 15) is 14.4 Å². The Kier molecular flexibility index (Phi) is 9.29. The number of carbonyl (C=O) groups is 3. The van der Waals surface area contributed by atoms with Gasteiger partial charge in [-0.3, -0.25) is 9.59 Å². The van der Waals surface area contributed by atoms with Crippen LogP contribution >= 0.6 is 0 Å². The molecule has 0 radical (unpaired) electrons. The van der Waals surface area contributed by atoms with Gasteiger partial charge < -0.3 is 25.0 Å². The minimum Gasteiger partial charge on any atom is -0.497 e. The number of quaternary nitrogens is 1. The third-order valence-corrected chi connectivity index (χ3v) is 4.26. The lowest BCUT2D eigenvalue weighted by Gasteiger charge is -2.22. The maximum atomic E-state index is 12.2. The molecule has 8 heteroatoms. The summed E-state index contributed by atoms with van der Waals surface area (Å²) in [6, 6.07) is 6.35. The molecule has 0 saturated heterocycles. The van der Waals surface area contributed by atoms with Gasteiger partial charge in [0.05, 0.1) is 21.3 Å². The van der Waals surface area contributed by atoms with E-state index in [0.29, 0.717) is 16.3 Å². The SMILES string of the molecule is CC[C@@H](C)[C@@H](NC(=O)C[NH+](C)CC(=O)Nc1cccc(OC)c1)C(=O)OC. The minimum absolute atomic E-state index is 0.0435. The zero-order chi connectivity index (χ0) is 20.4. The van der Waals surface area contributed by atoms with E-state index in [4.69, 9.17) is 9.47 Å². The van der Waals surface area contributed by atoms with E-state index >= 15 is 0 Å². The first-order valence-corrected chi connectivity index (χ1v) is 8.93. The number of rotatable bonds is 10. The van der Waals surface area contributed by atoms with Crippen molar-refractivity contribution in [3.8, 4) is 5.75 Å². The average Bonchev–Trinajstić information content (AvgIpc) is 2.64. The Bertz CT molecular complexity index is 650. The van der Waals surface area contributed by atoms with E-state index in [1.165, 1.54) is 7.11 Å². The van der Waals surface area contributed by atoms with Crippen molar-refractivity contribution in [2.75, 3.05) is 39.7 Å². The van der Waals surface area contributed by atoms with Gasteiger partial charge in [-0.25, -0.2) is 4.79 Å². The normalized spacial score (nSPS) is 13.8. The topological polar surface area (TPSA) is 98.2 Å². The van der Waals surface area contributed by atoms with E-state index in [0.717, 1.165) is 6.42 Å². The van der Waals surface area contributed by atoms with Crippen LogP contribution in [0.1, 0.15) is 20.3 Å². The number of esters is 1. The van der Waals surface area contributed by atoms with Gasteiger partial charge in [0.1, 0.15) is 11.8 Å². The van der Waals surface area contributed by atoms with Gasteiger partial charge in [-0.1, -0.05) is 26.3 Å². The Hall–Kier alpha value is -2.61. The van der Waals surface area contributed by atoms with Gasteiger partial charge in [-0.15, -0.1) is 0 Å². The summed E-state index contributed by atoms with van der Waals surface area (Å²) in [5, 5.41) is 5.48. The summed E-state index contributed by atoms with van der Waals surface area (Å²) in [6.07, 6.45) is 0.728. The van der Waals surface area contributed by atoms with E-state index in [-0.39, 0.29) is 30.8 Å². The summed E-state index contributed by atoms with van der Waals surface area (Å²) >= 11 is 0. The van der Waals surface area contributed by atoms with Crippen molar-refractivity contribution in [1.29, 1.82) is 0 Å². The van der Waals surface area contributed by atoms with Crippen molar-refractivity contribution in [2.45, 2.75) is 26.3 Å². The second-order valence-electron chi connectivity index (χ2n) is 6.54. The molecule has 0 aromatic heterocycles. The maximum absolute atomic E-state index is 12.2. The van der Waals surface area contributed by atoms with E-state index in [1.54, 1.807) is 38.4 Å². The van der Waals surface area contributed by atoms with Gasteiger partial charge in [0, 0.05) is 11.8 Å². The molecule has 150 valence electrons. The second-order valence-corrected chi connectivity index (χ2v) is 6.54. The van der Waals surface area contributed by atoms with Crippen LogP contribution in [-0.2, 0) is 19.1 Å². The van der Waals surface area contributed by atoms with Gasteiger partial charge in [0.15, 0.2) is 13.1 Å². The van der Waals surface area contributed by atoms with E-state index < -0.39 is 12.0 Å². The fourth-order valence-corrected chi connectivity index (χ4v) is 2.54. The monoisotopic (exact) mass is 380 g/mol. The minimum atomic E-state index is -0.689. The number of carbonyl (C=O) groups excluding carboxylic acids is 3. The summed E-state index contributed by atoms with van der Waals surface area (Å²) in [5.74, 6) is -0.395. The van der Waals surface area contributed by atoms with Crippen LogP contribution in [0, 0.1) is 5.92 Å². The molecule has 1 aromatic carbocycles. The molecule has 3 atom stereocenters. The summed E-state index contributed by atoms with van der Waals surface area (Å²) < 4.78 is 9.87. The zero-order valence-corrected chi connectivity index (χ0v) is 16.6. The Balaban J connectivity index is 2.54. The number of hydrogen-bond donors (Lipinski definition) is 3. The van der Waals surface area contributed by atoms with E-state index in [2.05, 4.69) is 10.6 Å². The molecule has 0 saturated carbocycles. The summed E-state index contributed by atoms with van der Waals surface area (Å²) in [6.45, 7) is 3.99. The van der Waals surface area contributed by atoms with Gasteiger partial charge in [0.25, 0.3) is 11.8 Å². The molecule has 0 aliphatic carbocycles. The van der Waals surface area contributed by atoms with Crippen molar-refractivity contribution in [1.82, 2.24) is 5.32 Å². The van der Waals surface area contributed by atoms with Crippen LogP contribution in [0.4, 0.5) is 5.69 Å². The van der Waals surface area contributed by atoms with E-state index in [1.807, 2.05) is 13.8 Å². The molecule has 0 aliphatic rings. The van der Waals surface area contributed by atoms with Crippen LogP contribution in [0.2, 0.25) is 0 Å². The molecule has 0 heterocycles. The van der Waals surface area contributed by atoms with Gasteiger partial charge in [-0.2, -0.15) is 0 Å². The lowest BCUT2D eigenvalue weighted by Crippen LogP contribution is -3.11. The molecule has 2 amide bonds. The molecule has 27 heavy (non-hydrogen) atoms. The first kappa shape index (κ1) is 22.4. The third-order valence-electron chi connectivity index (χ3n) is 4.26. The van der Waals surface area contributed by atoms with Crippen LogP contribution in [0.15, 0.2) is 24.3 Å². The van der Waals surface area contributed by atoms with Gasteiger partial charge in [-0.05, 0) is 18.1 Å². The zero-order valence-electron chi connectivity index (χ0n) is 16.6. The van der Waals surface area contributed by atoms with Crippen molar-refractivity contribution >= 4 is 23.5 Å². The van der Waals surface area contributed by atoms with Crippen molar-refractivity contribution in [2.24, 2.45) is 5.92 Å². The molecular formula is C19H30N3O5+. The molecule has 0 bridgehead atoms. The number of likely N-dealkylation sites (N-methyl/N-ethyl adjacent to an activating group) is 1. The Morgan fingerprint density at radius 2 is 1.81 bits per heavy atom. The predicted molar refractivity (Wildman–Crippen MR) is 102 cm³/mol. The lowest BCUT2D eigenvalue weighted by molar-refractivity contribution is -0.862. The number of amides is 2. The first-order chi connectivity index (χ1) is 12.8. The summed E-state index contributed by atoms with van der Waals surface area (Å²) in [4.78, 5) is 36.9. The molecular weight excluding hydrogens is 350 g/mol. The summed E-state index contributed by atoms with van der Waals surface area (Å²) in [7, 11) is 4.59. The number of anilines is 1. The highest BCUT2D eigenvalue weighted by Crippen LogP contribution is 2.16. The van der Waals surface area contributed by atoms with Crippen molar-refractivity contribution in [3.05, 3.63) is 24.3 Å². The highest BCUT2D eigenvalue weighted by Gasteiger charge is 2.27. The average molecular weight is 380 g/mol. The van der Waals surface area contributed by atoms with Gasteiger partial charge in [0.2, 0.25) is 0 Å². The fourth-order valence-electron chi connectivity index (χ4n) is 2.54. The standard InChI is InChI=1S/C19H29N3O5/c1-6-13(2)18(19(25)27-5)21-17(24)12-22(3)11-16(23)20-14-8-7-9-15(10-14)26-4/h7-10,13,18H,6,11-12H2,1-5H3,(H,20,23)(H,21,24)/p+1/t13-,18-/m1/s1. The predicted octanol–water partition coefficient (Wildman–Crippen LogP) is -0.148. The van der Waals surface area contributed by atoms with Crippen LogP contribution < -0.4 is 20.3 Å². The van der Waals surface area contributed by atoms with Crippen molar-refractivity contribution in [3.63, 3.8) is 0 Å². The van der Waals surface area contributed by atoms with Crippen molar-refractivity contribution < 1.29 is 28.8 Å². The number of nitrogens with one attached hydrogen (secondary N) is 3. The molecule has 1 unspecified atom stereocenters. The number of methoxy groups -OCH3 is 2. The van der Waals surface area contributed by atoms with Crippen LogP contribution in [-0.4, -0.2) is 58.2 Å². The quantitative estimate of drug-likeness (QED) is 0.491. The highest BCUT2D eigenvalue weighted by molar-refractivity contribution is 5.92. The number of ether oxygens (including phenoxy) is 2. The number of benzene rings is 1. The smallest absolute Gasteiger partial charge is 0.328 e. The molecule has 3 N–H and O–H groups in total. The maximum Gasteiger partial charge on any atom is 0.328 e. The van der Waals surface area contributed by atoms with Crippen LogP contribution in [0.25, 0.3) is 0 Å².